The molecule has 1 aliphatic rings. The topological polar surface area (TPSA) is 63.1 Å². The van der Waals surface area contributed by atoms with E-state index in [1.54, 1.807) is 0 Å². The largest absolute Gasteiger partial charge is 0.325 e. The summed E-state index contributed by atoms with van der Waals surface area (Å²) in [6.07, 6.45) is 3.79. The average molecular weight is 478 g/mol. The number of hydrogen-bond acceptors (Lipinski definition) is 5. The number of para-hydroxylation sites is 1. The van der Waals surface area contributed by atoms with Crippen molar-refractivity contribution in [3.05, 3.63) is 71.0 Å². The smallest absolute Gasteiger partial charge is 0.234 e. The van der Waals surface area contributed by atoms with Crippen LogP contribution in [0.1, 0.15) is 61.5 Å². The Morgan fingerprint density at radius 3 is 2.50 bits per heavy atom. The lowest BCUT2D eigenvalue weighted by molar-refractivity contribution is -0.113. The van der Waals surface area contributed by atoms with Crippen LogP contribution < -0.4 is 5.32 Å². The Kier molecular flexibility index (Phi) is 8.40. The molecule has 1 amide bonds. The first-order valence-electron chi connectivity index (χ1n) is 12.2. The fraction of sp³-hybridized carbons (Fsp3) is 0.444. The van der Waals surface area contributed by atoms with Crippen molar-refractivity contribution in [2.45, 2.75) is 64.2 Å². The van der Waals surface area contributed by atoms with Gasteiger partial charge in [-0.15, -0.1) is 10.2 Å². The van der Waals surface area contributed by atoms with Gasteiger partial charge in [-0.05, 0) is 55.5 Å². The van der Waals surface area contributed by atoms with E-state index in [4.69, 9.17) is 0 Å². The molecule has 0 unspecified atom stereocenters. The summed E-state index contributed by atoms with van der Waals surface area (Å²) < 4.78 is 2.18. The molecule has 0 atom stereocenters. The molecule has 180 valence electrons. The molecule has 7 heteroatoms. The highest BCUT2D eigenvalue weighted by molar-refractivity contribution is 7.99. The fourth-order valence-electron chi connectivity index (χ4n) is 4.43. The number of piperidine rings is 1. The van der Waals surface area contributed by atoms with Crippen LogP contribution in [0.15, 0.2) is 53.7 Å². The first-order valence-corrected chi connectivity index (χ1v) is 13.2. The lowest BCUT2D eigenvalue weighted by atomic mass is 9.98. The molecule has 2 heterocycles. The molecule has 1 aromatic heterocycles. The van der Waals surface area contributed by atoms with Crippen LogP contribution >= 0.6 is 11.8 Å². The quantitative estimate of drug-likeness (QED) is 0.414. The summed E-state index contributed by atoms with van der Waals surface area (Å²) >= 11 is 1.46. The molecular weight excluding hydrogens is 442 g/mol. The van der Waals surface area contributed by atoms with Crippen molar-refractivity contribution >= 4 is 23.4 Å². The molecule has 6 nitrogen and oxygen atoms in total. The summed E-state index contributed by atoms with van der Waals surface area (Å²) in [5.41, 5.74) is 4.38. The Labute approximate surface area is 207 Å². The predicted octanol–water partition coefficient (Wildman–Crippen LogP) is 5.47. The average Bonchev–Trinajstić information content (AvgIpc) is 3.21. The van der Waals surface area contributed by atoms with Crippen LogP contribution in [0.4, 0.5) is 5.69 Å². The number of carbonyl (C=O) groups excluding carboxylic acids is 1. The zero-order valence-corrected chi connectivity index (χ0v) is 21.3. The van der Waals surface area contributed by atoms with Crippen LogP contribution in [-0.2, 0) is 17.9 Å². The van der Waals surface area contributed by atoms with Crippen LogP contribution in [0.25, 0.3) is 0 Å². The lowest BCUT2D eigenvalue weighted by Crippen LogP contribution is -2.30. The van der Waals surface area contributed by atoms with Crippen LogP contribution in [0, 0.1) is 6.92 Å². The van der Waals surface area contributed by atoms with Crippen molar-refractivity contribution in [2.75, 3.05) is 24.2 Å². The zero-order valence-electron chi connectivity index (χ0n) is 20.5. The monoisotopic (exact) mass is 477 g/mol. The van der Waals surface area contributed by atoms with Crippen molar-refractivity contribution in [1.29, 1.82) is 0 Å². The van der Waals surface area contributed by atoms with Gasteiger partial charge in [-0.2, -0.15) is 0 Å². The number of nitrogens with one attached hydrogen (secondary N) is 1. The highest BCUT2D eigenvalue weighted by Crippen LogP contribution is 2.28. The molecule has 1 N–H and O–H groups in total. The van der Waals surface area contributed by atoms with Crippen LogP contribution in [0.5, 0.6) is 0 Å². The number of hydrogen-bond donors (Lipinski definition) is 1. The third-order valence-corrected chi connectivity index (χ3v) is 7.28. The first-order chi connectivity index (χ1) is 16.5. The number of likely N-dealkylation sites (tertiary alicyclic amines) is 1. The van der Waals surface area contributed by atoms with E-state index >= 15 is 0 Å². The number of aryl methyl sites for hydroxylation is 1. The molecule has 0 radical (unpaired) electrons. The van der Waals surface area contributed by atoms with E-state index in [2.05, 4.69) is 69.2 Å². The van der Waals surface area contributed by atoms with Gasteiger partial charge in [-0.1, -0.05) is 80.6 Å². The van der Waals surface area contributed by atoms with Gasteiger partial charge in [0.25, 0.3) is 0 Å². The van der Waals surface area contributed by atoms with E-state index < -0.39 is 0 Å². The van der Waals surface area contributed by atoms with Gasteiger partial charge >= 0.3 is 0 Å². The van der Waals surface area contributed by atoms with Crippen LogP contribution in [0.3, 0.4) is 0 Å². The third-order valence-electron chi connectivity index (χ3n) is 6.31. The number of anilines is 1. The number of rotatable bonds is 9. The highest BCUT2D eigenvalue weighted by Gasteiger charge is 2.19. The molecule has 1 saturated heterocycles. The van der Waals surface area contributed by atoms with E-state index in [0.29, 0.717) is 18.2 Å². The molecule has 0 bridgehead atoms. The normalized spacial score (nSPS) is 14.5. The van der Waals surface area contributed by atoms with E-state index in [-0.39, 0.29) is 5.91 Å². The summed E-state index contributed by atoms with van der Waals surface area (Å²) in [5, 5.41) is 13.0. The molecule has 4 rings (SSSR count). The zero-order chi connectivity index (χ0) is 23.9. The number of nitrogens with zero attached hydrogens (tertiary/aromatic N) is 4. The Hall–Kier alpha value is -2.64. The maximum absolute atomic E-state index is 12.9. The molecule has 34 heavy (non-hydrogen) atoms. The van der Waals surface area contributed by atoms with Crippen molar-refractivity contribution in [3.8, 4) is 0 Å². The predicted molar refractivity (Wildman–Crippen MR) is 139 cm³/mol. The number of benzene rings is 2. The van der Waals surface area contributed by atoms with Crippen molar-refractivity contribution in [3.63, 3.8) is 0 Å². The van der Waals surface area contributed by atoms with Gasteiger partial charge in [0.2, 0.25) is 5.91 Å². The summed E-state index contributed by atoms with van der Waals surface area (Å²) in [6, 6.07) is 16.6. The van der Waals surface area contributed by atoms with Gasteiger partial charge in [0, 0.05) is 5.69 Å². The molecule has 1 aliphatic heterocycles. The molecule has 0 saturated carbocycles. The van der Waals surface area contributed by atoms with E-state index in [0.717, 1.165) is 47.4 Å². The molecule has 2 aromatic carbocycles. The SMILES string of the molecule is Cc1cccc(C(C)C)c1NC(=O)CSc1nnc(CN2CCCCC2)n1Cc1ccccc1. The maximum atomic E-state index is 12.9. The van der Waals surface area contributed by atoms with Crippen molar-refractivity contribution in [2.24, 2.45) is 0 Å². The Bertz CT molecular complexity index is 1090. The summed E-state index contributed by atoms with van der Waals surface area (Å²) in [4.78, 5) is 15.4. The minimum atomic E-state index is -0.0203. The lowest BCUT2D eigenvalue weighted by Gasteiger charge is -2.26. The van der Waals surface area contributed by atoms with Gasteiger partial charge < -0.3 is 9.88 Å². The van der Waals surface area contributed by atoms with Gasteiger partial charge in [0.05, 0.1) is 18.8 Å². The second kappa shape index (κ2) is 11.7. The third kappa shape index (κ3) is 6.27. The van der Waals surface area contributed by atoms with E-state index in [9.17, 15) is 4.79 Å². The van der Waals surface area contributed by atoms with Gasteiger partial charge in [0.1, 0.15) is 5.82 Å². The Balaban J connectivity index is 1.48. The van der Waals surface area contributed by atoms with E-state index in [1.807, 2.05) is 25.1 Å². The minimum Gasteiger partial charge on any atom is -0.325 e. The number of thioether (sulfide) groups is 1. The van der Waals surface area contributed by atoms with Crippen molar-refractivity contribution in [1.82, 2.24) is 19.7 Å². The number of amides is 1. The van der Waals surface area contributed by atoms with Crippen molar-refractivity contribution < 1.29 is 4.79 Å². The van der Waals surface area contributed by atoms with Crippen LogP contribution in [-0.4, -0.2) is 44.4 Å². The number of carbonyl (C=O) groups is 1. The standard InChI is InChI=1S/C27H35N5OS/c1-20(2)23-14-10-11-21(3)26(23)28-25(33)19-34-27-30-29-24(18-31-15-8-5-9-16-31)32(27)17-22-12-6-4-7-13-22/h4,6-7,10-14,20H,5,8-9,15-19H2,1-3H3,(H,28,33). The first kappa shape index (κ1) is 24.5. The van der Waals surface area contributed by atoms with E-state index in [1.165, 1.54) is 36.6 Å². The Morgan fingerprint density at radius 1 is 1.00 bits per heavy atom. The van der Waals surface area contributed by atoms with Gasteiger partial charge in [-0.25, -0.2) is 0 Å². The number of aromatic nitrogens is 3. The molecule has 0 spiro atoms. The fourth-order valence-corrected chi connectivity index (χ4v) is 5.19. The molecule has 0 aliphatic carbocycles. The highest BCUT2D eigenvalue weighted by atomic mass is 32.2. The summed E-state index contributed by atoms with van der Waals surface area (Å²) in [6.45, 7) is 10.1. The maximum Gasteiger partial charge on any atom is 0.234 e. The van der Waals surface area contributed by atoms with Gasteiger partial charge in [0.15, 0.2) is 5.16 Å². The second-order valence-electron chi connectivity index (χ2n) is 9.34. The van der Waals surface area contributed by atoms with Gasteiger partial charge in [-0.3, -0.25) is 9.69 Å². The molecular formula is C27H35N5OS. The van der Waals surface area contributed by atoms with Crippen LogP contribution in [0.2, 0.25) is 0 Å². The minimum absolute atomic E-state index is 0.0203. The molecule has 1 fully saturated rings. The summed E-state index contributed by atoms with van der Waals surface area (Å²) in [5.74, 6) is 1.58. The molecule has 3 aromatic rings. The summed E-state index contributed by atoms with van der Waals surface area (Å²) in [7, 11) is 0. The second-order valence-corrected chi connectivity index (χ2v) is 10.3. The Morgan fingerprint density at radius 2 is 1.76 bits per heavy atom.